The Morgan fingerprint density at radius 3 is 2.38 bits per heavy atom. The summed E-state index contributed by atoms with van der Waals surface area (Å²) in [4.78, 5) is 36.7. The van der Waals surface area contributed by atoms with Gasteiger partial charge in [0.1, 0.15) is 6.61 Å². The van der Waals surface area contributed by atoms with Gasteiger partial charge >= 0.3 is 12.1 Å². The molecular weight excluding hydrogens is 312 g/mol. The van der Waals surface area contributed by atoms with E-state index < -0.39 is 17.8 Å². The third-order valence-corrected chi connectivity index (χ3v) is 4.29. The van der Waals surface area contributed by atoms with Crippen molar-refractivity contribution in [2.24, 2.45) is 11.8 Å². The summed E-state index contributed by atoms with van der Waals surface area (Å²) in [6, 6.07) is 6.82. The molecule has 0 saturated carbocycles. The molecular formula is C17H18N2O5. The maximum absolute atomic E-state index is 12.4. The lowest BCUT2D eigenvalue weighted by atomic mass is 9.82. The van der Waals surface area contributed by atoms with Gasteiger partial charge in [-0.25, -0.2) is 4.79 Å². The Labute approximate surface area is 138 Å². The van der Waals surface area contributed by atoms with Gasteiger partial charge in [0.05, 0.1) is 18.4 Å². The molecule has 126 valence electrons. The number of rotatable bonds is 4. The molecule has 1 heterocycles. The monoisotopic (exact) mass is 330 g/mol. The smallest absolute Gasteiger partial charge is 0.414 e. The molecule has 0 spiro atoms. The molecule has 3 rings (SSSR count). The molecule has 1 fully saturated rings. The lowest BCUT2D eigenvalue weighted by molar-refractivity contribution is -0.146. The molecule has 0 unspecified atom stereocenters. The third kappa shape index (κ3) is 3.24. The highest BCUT2D eigenvalue weighted by Crippen LogP contribution is 2.28. The highest BCUT2D eigenvalue weighted by molar-refractivity contribution is 5.96. The largest absolute Gasteiger partial charge is 0.481 e. The van der Waals surface area contributed by atoms with Gasteiger partial charge in [0.15, 0.2) is 0 Å². The molecule has 1 aromatic carbocycles. The standard InChI is InChI=1S/C17H18N2O5/c20-15(13-3-1-2-4-14(13)16(21)22)18-11-5-7-12(8-6-11)19-9-10-24-17(19)23/h1-2,5-8,13-14H,3-4,9-10H2,(H,18,20)(H,21,22)/t13-,14-/m1/s1. The Hall–Kier alpha value is -2.83. The maximum Gasteiger partial charge on any atom is 0.414 e. The van der Waals surface area contributed by atoms with Gasteiger partial charge in [-0.1, -0.05) is 12.2 Å². The number of carbonyl (C=O) groups excluding carboxylic acids is 2. The number of carboxylic acid groups (broad SMARTS) is 1. The van der Waals surface area contributed by atoms with Crippen LogP contribution in [0.1, 0.15) is 12.8 Å². The number of anilines is 2. The van der Waals surface area contributed by atoms with Crippen molar-refractivity contribution in [3.8, 4) is 0 Å². The van der Waals surface area contributed by atoms with E-state index in [1.807, 2.05) is 6.08 Å². The van der Waals surface area contributed by atoms with E-state index in [-0.39, 0.29) is 12.0 Å². The average Bonchev–Trinajstić information content (AvgIpc) is 3.01. The molecule has 2 aliphatic rings. The summed E-state index contributed by atoms with van der Waals surface area (Å²) in [5, 5.41) is 12.0. The van der Waals surface area contributed by atoms with Crippen LogP contribution in [-0.2, 0) is 14.3 Å². The second-order valence-electron chi connectivity index (χ2n) is 5.80. The number of nitrogens with zero attached hydrogens (tertiary/aromatic N) is 1. The molecule has 2 N–H and O–H groups in total. The van der Waals surface area contributed by atoms with E-state index in [1.165, 1.54) is 4.90 Å². The van der Waals surface area contributed by atoms with Gasteiger partial charge in [-0.2, -0.15) is 0 Å². The molecule has 7 heteroatoms. The summed E-state index contributed by atoms with van der Waals surface area (Å²) in [5.74, 6) is -2.54. The fourth-order valence-electron chi connectivity index (χ4n) is 2.96. The van der Waals surface area contributed by atoms with Crippen LogP contribution in [0.5, 0.6) is 0 Å². The normalized spacial score (nSPS) is 23.0. The molecule has 2 amide bonds. The van der Waals surface area contributed by atoms with Crippen molar-refractivity contribution >= 4 is 29.3 Å². The van der Waals surface area contributed by atoms with E-state index in [4.69, 9.17) is 4.74 Å². The van der Waals surface area contributed by atoms with Crippen molar-refractivity contribution in [1.82, 2.24) is 0 Å². The number of amides is 2. The number of ether oxygens (including phenoxy) is 1. The summed E-state index contributed by atoms with van der Waals surface area (Å²) in [6.45, 7) is 0.863. The number of hydrogen-bond acceptors (Lipinski definition) is 4. The molecule has 2 atom stereocenters. The van der Waals surface area contributed by atoms with Crippen molar-refractivity contribution in [2.75, 3.05) is 23.4 Å². The van der Waals surface area contributed by atoms with Gasteiger partial charge in [-0.3, -0.25) is 14.5 Å². The molecule has 0 aromatic heterocycles. The number of cyclic esters (lactones) is 1. The van der Waals surface area contributed by atoms with Crippen LogP contribution in [0.2, 0.25) is 0 Å². The molecule has 0 bridgehead atoms. The van der Waals surface area contributed by atoms with Crippen molar-refractivity contribution in [3.63, 3.8) is 0 Å². The van der Waals surface area contributed by atoms with Crippen LogP contribution in [0.25, 0.3) is 0 Å². The van der Waals surface area contributed by atoms with Gasteiger partial charge in [0.2, 0.25) is 5.91 Å². The lowest BCUT2D eigenvalue weighted by Crippen LogP contribution is -2.34. The van der Waals surface area contributed by atoms with E-state index in [2.05, 4.69) is 5.32 Å². The highest BCUT2D eigenvalue weighted by atomic mass is 16.6. The zero-order valence-electron chi connectivity index (χ0n) is 13.0. The Morgan fingerprint density at radius 1 is 1.12 bits per heavy atom. The zero-order chi connectivity index (χ0) is 17.1. The minimum Gasteiger partial charge on any atom is -0.481 e. The van der Waals surface area contributed by atoms with Crippen LogP contribution in [0.15, 0.2) is 36.4 Å². The number of nitrogens with one attached hydrogen (secondary N) is 1. The Bertz CT molecular complexity index is 683. The van der Waals surface area contributed by atoms with Crippen LogP contribution in [0, 0.1) is 11.8 Å². The summed E-state index contributed by atoms with van der Waals surface area (Å²) in [6.07, 6.45) is 4.03. The number of benzene rings is 1. The number of carboxylic acids is 1. The first kappa shape index (κ1) is 16.0. The summed E-state index contributed by atoms with van der Waals surface area (Å²) in [5.41, 5.74) is 1.26. The summed E-state index contributed by atoms with van der Waals surface area (Å²) < 4.78 is 4.88. The summed E-state index contributed by atoms with van der Waals surface area (Å²) in [7, 11) is 0. The van der Waals surface area contributed by atoms with Crippen LogP contribution >= 0.6 is 0 Å². The molecule has 1 aliphatic heterocycles. The molecule has 7 nitrogen and oxygen atoms in total. The number of hydrogen-bond donors (Lipinski definition) is 2. The predicted octanol–water partition coefficient (Wildman–Crippen LogP) is 2.25. The first-order chi connectivity index (χ1) is 11.6. The van der Waals surface area contributed by atoms with E-state index in [1.54, 1.807) is 30.3 Å². The van der Waals surface area contributed by atoms with Crippen molar-refractivity contribution in [1.29, 1.82) is 0 Å². The highest BCUT2D eigenvalue weighted by Gasteiger charge is 2.34. The molecule has 0 radical (unpaired) electrons. The zero-order valence-corrected chi connectivity index (χ0v) is 13.0. The number of allylic oxidation sites excluding steroid dienone is 2. The van der Waals surface area contributed by atoms with Gasteiger partial charge < -0.3 is 15.2 Å². The van der Waals surface area contributed by atoms with Crippen LogP contribution in [-0.4, -0.2) is 36.2 Å². The minimum atomic E-state index is -0.956. The quantitative estimate of drug-likeness (QED) is 0.826. The van der Waals surface area contributed by atoms with E-state index in [9.17, 15) is 19.5 Å². The van der Waals surface area contributed by atoms with Crippen LogP contribution < -0.4 is 10.2 Å². The van der Waals surface area contributed by atoms with Gasteiger partial charge in [0, 0.05) is 11.4 Å². The number of aliphatic carboxylic acids is 1. The first-order valence-electron chi connectivity index (χ1n) is 7.79. The summed E-state index contributed by atoms with van der Waals surface area (Å²) >= 11 is 0. The van der Waals surface area contributed by atoms with Gasteiger partial charge in [-0.15, -0.1) is 0 Å². The number of carbonyl (C=O) groups is 3. The maximum atomic E-state index is 12.4. The van der Waals surface area contributed by atoms with Gasteiger partial charge in [-0.05, 0) is 37.1 Å². The van der Waals surface area contributed by atoms with E-state index in [0.717, 1.165) is 0 Å². The molecule has 24 heavy (non-hydrogen) atoms. The fraction of sp³-hybridized carbons (Fsp3) is 0.353. The van der Waals surface area contributed by atoms with Crippen LogP contribution in [0.4, 0.5) is 16.2 Å². The average molecular weight is 330 g/mol. The van der Waals surface area contributed by atoms with E-state index in [0.29, 0.717) is 37.4 Å². The van der Waals surface area contributed by atoms with E-state index >= 15 is 0 Å². The lowest BCUT2D eigenvalue weighted by Gasteiger charge is -2.24. The van der Waals surface area contributed by atoms with Crippen molar-refractivity contribution in [3.05, 3.63) is 36.4 Å². The first-order valence-corrected chi connectivity index (χ1v) is 7.79. The second-order valence-corrected chi connectivity index (χ2v) is 5.80. The Balaban J connectivity index is 1.67. The Morgan fingerprint density at radius 2 is 1.79 bits per heavy atom. The van der Waals surface area contributed by atoms with Crippen molar-refractivity contribution < 1.29 is 24.2 Å². The molecule has 1 aromatic rings. The van der Waals surface area contributed by atoms with Crippen molar-refractivity contribution in [2.45, 2.75) is 12.8 Å². The SMILES string of the molecule is O=C(O)[C@@H]1CC=CC[C@H]1C(=O)Nc1ccc(N2CCOC2=O)cc1. The minimum absolute atomic E-state index is 0.305. The topological polar surface area (TPSA) is 95.9 Å². The second kappa shape index (κ2) is 6.74. The fourth-order valence-corrected chi connectivity index (χ4v) is 2.96. The molecule has 1 saturated heterocycles. The molecule has 1 aliphatic carbocycles. The Kier molecular flexibility index (Phi) is 4.50. The van der Waals surface area contributed by atoms with Crippen LogP contribution in [0.3, 0.4) is 0 Å². The van der Waals surface area contributed by atoms with Gasteiger partial charge in [0.25, 0.3) is 0 Å². The predicted molar refractivity (Wildman–Crippen MR) is 86.8 cm³/mol. The third-order valence-electron chi connectivity index (χ3n) is 4.29.